The molecule has 23 heavy (non-hydrogen) atoms. The predicted molar refractivity (Wildman–Crippen MR) is 88.9 cm³/mol. The maximum Gasteiger partial charge on any atom is 0.306 e. The van der Waals surface area contributed by atoms with Crippen LogP contribution >= 0.6 is 0 Å². The lowest BCUT2D eigenvalue weighted by Gasteiger charge is -2.22. The fourth-order valence-electron chi connectivity index (χ4n) is 4.04. The monoisotopic (exact) mass is 324 g/mol. The molecule has 0 radical (unpaired) electrons. The van der Waals surface area contributed by atoms with E-state index in [0.29, 0.717) is 32.5 Å². The molecule has 0 N–H and O–H groups in total. The van der Waals surface area contributed by atoms with Crippen molar-refractivity contribution in [2.45, 2.75) is 84.5 Å². The highest BCUT2D eigenvalue weighted by atomic mass is 16.5. The van der Waals surface area contributed by atoms with Gasteiger partial charge < -0.3 is 9.47 Å². The highest BCUT2D eigenvalue weighted by Crippen LogP contribution is 2.41. The molecule has 2 rings (SSSR count). The maximum absolute atomic E-state index is 11.8. The van der Waals surface area contributed by atoms with Crippen molar-refractivity contribution in [3.8, 4) is 0 Å². The second kappa shape index (κ2) is 8.16. The minimum absolute atomic E-state index is 0.112. The first kappa shape index (κ1) is 18.3. The molecule has 2 aliphatic carbocycles. The van der Waals surface area contributed by atoms with Crippen LogP contribution in [-0.2, 0) is 19.1 Å². The molecule has 2 aliphatic rings. The van der Waals surface area contributed by atoms with Crippen LogP contribution in [0.15, 0.2) is 0 Å². The van der Waals surface area contributed by atoms with Gasteiger partial charge in [-0.2, -0.15) is 0 Å². The van der Waals surface area contributed by atoms with Crippen LogP contribution < -0.4 is 0 Å². The van der Waals surface area contributed by atoms with E-state index in [9.17, 15) is 9.59 Å². The van der Waals surface area contributed by atoms with Crippen LogP contribution in [0.5, 0.6) is 0 Å². The lowest BCUT2D eigenvalue weighted by molar-refractivity contribution is -0.148. The molecule has 4 heteroatoms. The lowest BCUT2D eigenvalue weighted by Crippen LogP contribution is -2.21. The summed E-state index contributed by atoms with van der Waals surface area (Å²) in [6.45, 7) is 5.04. The van der Waals surface area contributed by atoms with Crippen molar-refractivity contribution in [3.05, 3.63) is 0 Å². The highest BCUT2D eigenvalue weighted by Gasteiger charge is 2.32. The first-order valence-electron chi connectivity index (χ1n) is 9.22. The number of esters is 2. The summed E-state index contributed by atoms with van der Waals surface area (Å²) in [6, 6.07) is 0. The summed E-state index contributed by atoms with van der Waals surface area (Å²) in [7, 11) is 0. The molecule has 0 unspecified atom stereocenters. The van der Waals surface area contributed by atoms with Gasteiger partial charge in [0.1, 0.15) is 0 Å². The normalized spacial score (nSPS) is 22.0. The Bertz CT molecular complexity index is 366. The molecule has 0 amide bonds. The Hall–Kier alpha value is -1.06. The van der Waals surface area contributed by atoms with E-state index in [2.05, 4.69) is 13.8 Å². The Kier molecular flexibility index (Phi) is 6.49. The number of hydrogen-bond acceptors (Lipinski definition) is 4. The molecule has 0 aromatic heterocycles. The topological polar surface area (TPSA) is 52.6 Å². The van der Waals surface area contributed by atoms with Gasteiger partial charge in [0.25, 0.3) is 0 Å². The van der Waals surface area contributed by atoms with Gasteiger partial charge in [-0.15, -0.1) is 0 Å². The molecule has 2 fully saturated rings. The molecule has 0 spiro atoms. The number of ether oxygens (including phenoxy) is 2. The molecule has 0 aromatic rings. The Morgan fingerprint density at radius 3 is 1.43 bits per heavy atom. The Morgan fingerprint density at radius 1 is 0.739 bits per heavy atom. The number of carbonyl (C=O) groups excluding carboxylic acids is 2. The van der Waals surface area contributed by atoms with Crippen LogP contribution in [0.25, 0.3) is 0 Å². The largest absolute Gasteiger partial charge is 0.466 e. The van der Waals surface area contributed by atoms with Gasteiger partial charge in [0.05, 0.1) is 26.1 Å². The summed E-state index contributed by atoms with van der Waals surface area (Å²) in [5.74, 6) is -0.224. The number of carbonyl (C=O) groups is 2. The van der Waals surface area contributed by atoms with E-state index in [0.717, 1.165) is 25.7 Å². The van der Waals surface area contributed by atoms with E-state index >= 15 is 0 Å². The van der Waals surface area contributed by atoms with Crippen molar-refractivity contribution >= 4 is 11.9 Å². The van der Waals surface area contributed by atoms with Crippen LogP contribution in [0.2, 0.25) is 0 Å². The van der Waals surface area contributed by atoms with Gasteiger partial charge in [-0.05, 0) is 36.5 Å². The molecule has 0 atom stereocenters. The zero-order valence-corrected chi connectivity index (χ0v) is 14.8. The van der Waals surface area contributed by atoms with Crippen LogP contribution in [0.3, 0.4) is 0 Å². The molecular formula is C19H32O4. The van der Waals surface area contributed by atoms with Gasteiger partial charge in [-0.3, -0.25) is 9.59 Å². The van der Waals surface area contributed by atoms with Crippen molar-refractivity contribution in [1.82, 2.24) is 0 Å². The van der Waals surface area contributed by atoms with Gasteiger partial charge >= 0.3 is 11.9 Å². The van der Waals surface area contributed by atoms with E-state index in [1.807, 2.05) is 0 Å². The maximum atomic E-state index is 11.8. The summed E-state index contributed by atoms with van der Waals surface area (Å²) < 4.78 is 10.5. The number of rotatable bonds is 8. The quantitative estimate of drug-likeness (QED) is 0.490. The van der Waals surface area contributed by atoms with E-state index in [-0.39, 0.29) is 22.8 Å². The number of hydrogen-bond donors (Lipinski definition) is 0. The zero-order valence-electron chi connectivity index (χ0n) is 14.8. The van der Waals surface area contributed by atoms with Gasteiger partial charge in [-0.25, -0.2) is 0 Å². The van der Waals surface area contributed by atoms with E-state index in [4.69, 9.17) is 9.47 Å². The van der Waals surface area contributed by atoms with Crippen molar-refractivity contribution in [2.75, 3.05) is 13.2 Å². The molecular weight excluding hydrogens is 292 g/mol. The summed E-state index contributed by atoms with van der Waals surface area (Å²) in [4.78, 5) is 23.7. The highest BCUT2D eigenvalue weighted by molar-refractivity contribution is 5.70. The van der Waals surface area contributed by atoms with Crippen LogP contribution in [-0.4, -0.2) is 25.2 Å². The summed E-state index contributed by atoms with van der Waals surface area (Å²) in [6.07, 6.45) is 11.0. The van der Waals surface area contributed by atoms with Crippen LogP contribution in [0.1, 0.15) is 84.5 Å². The van der Waals surface area contributed by atoms with Crippen LogP contribution in [0.4, 0.5) is 0 Å². The lowest BCUT2D eigenvalue weighted by atomic mass is 9.85. The average molecular weight is 324 g/mol. The molecule has 4 nitrogen and oxygen atoms in total. The molecule has 0 saturated heterocycles. The Balaban J connectivity index is 1.51. The standard InChI is InChI=1S/C19H32O4/c1-18(8-3-4-9-18)14-16(20)22-12-7-13-23-17(21)15-19(2)10-5-6-11-19/h3-15H2,1-2H3. The van der Waals surface area contributed by atoms with E-state index in [1.54, 1.807) is 0 Å². The fourth-order valence-corrected chi connectivity index (χ4v) is 4.04. The SMILES string of the molecule is CC1(CC(=O)OCCCOC(=O)CC2(C)CCCC2)CCCC1. The molecule has 2 saturated carbocycles. The van der Waals surface area contributed by atoms with Gasteiger partial charge in [0, 0.05) is 6.42 Å². The van der Waals surface area contributed by atoms with Gasteiger partial charge in [-0.1, -0.05) is 39.5 Å². The first-order chi connectivity index (χ1) is 10.9. The molecule has 132 valence electrons. The van der Waals surface area contributed by atoms with E-state index in [1.165, 1.54) is 25.7 Å². The molecule has 0 heterocycles. The average Bonchev–Trinajstić information content (AvgIpc) is 3.07. The first-order valence-corrected chi connectivity index (χ1v) is 9.22. The van der Waals surface area contributed by atoms with E-state index < -0.39 is 0 Å². The van der Waals surface area contributed by atoms with Crippen molar-refractivity contribution in [1.29, 1.82) is 0 Å². The Labute approximate surface area is 140 Å². The van der Waals surface area contributed by atoms with Gasteiger partial charge in [0.15, 0.2) is 0 Å². The molecule has 0 bridgehead atoms. The molecule has 0 aliphatic heterocycles. The minimum atomic E-state index is -0.112. The Morgan fingerprint density at radius 2 is 1.09 bits per heavy atom. The summed E-state index contributed by atoms with van der Waals surface area (Å²) >= 11 is 0. The summed E-state index contributed by atoms with van der Waals surface area (Å²) in [5.41, 5.74) is 0.278. The zero-order chi connectivity index (χ0) is 16.8. The molecule has 0 aromatic carbocycles. The van der Waals surface area contributed by atoms with Crippen molar-refractivity contribution < 1.29 is 19.1 Å². The second-order valence-corrected chi connectivity index (χ2v) is 8.18. The third-order valence-electron chi connectivity index (χ3n) is 5.58. The fraction of sp³-hybridized carbons (Fsp3) is 0.895. The van der Waals surface area contributed by atoms with Crippen LogP contribution in [0, 0.1) is 10.8 Å². The third-order valence-corrected chi connectivity index (χ3v) is 5.58. The predicted octanol–water partition coefficient (Wildman–Crippen LogP) is 4.40. The third kappa shape index (κ3) is 6.15. The van der Waals surface area contributed by atoms with Crippen molar-refractivity contribution in [2.24, 2.45) is 10.8 Å². The summed E-state index contributed by atoms with van der Waals surface area (Å²) in [5, 5.41) is 0. The van der Waals surface area contributed by atoms with Crippen molar-refractivity contribution in [3.63, 3.8) is 0 Å². The van der Waals surface area contributed by atoms with Gasteiger partial charge in [0.2, 0.25) is 0 Å². The minimum Gasteiger partial charge on any atom is -0.466 e. The second-order valence-electron chi connectivity index (χ2n) is 8.18. The smallest absolute Gasteiger partial charge is 0.306 e.